The number of aromatic nitrogens is 1. The van der Waals surface area contributed by atoms with Gasteiger partial charge in [0.15, 0.2) is 0 Å². The van der Waals surface area contributed by atoms with Crippen molar-refractivity contribution >= 4 is 5.69 Å². The van der Waals surface area contributed by atoms with Crippen molar-refractivity contribution in [2.45, 2.75) is 33.7 Å². The Morgan fingerprint density at radius 3 is 2.37 bits per heavy atom. The van der Waals surface area contributed by atoms with Gasteiger partial charge in [0.25, 0.3) is 0 Å². The molecule has 2 nitrogen and oxygen atoms in total. The number of pyridine rings is 1. The third kappa shape index (κ3) is 4.40. The lowest BCUT2D eigenvalue weighted by Gasteiger charge is -2.09. The van der Waals surface area contributed by atoms with Crippen LogP contribution >= 0.6 is 0 Å². The molecule has 1 aromatic heterocycles. The van der Waals surface area contributed by atoms with E-state index in [1.165, 1.54) is 16.7 Å². The smallest absolute Gasteiger partial charge is 0.0532 e. The molecule has 0 atom stereocenters. The fraction of sp³-hybridized carbons (Fsp3) is 0.353. The predicted octanol–water partition coefficient (Wildman–Crippen LogP) is 4.20. The highest BCUT2D eigenvalue weighted by Gasteiger charge is 1.99. The summed E-state index contributed by atoms with van der Waals surface area (Å²) in [5.41, 5.74) is 4.97. The lowest BCUT2D eigenvalue weighted by atomic mass is 10.0. The molecule has 0 unspecified atom stereocenters. The molecule has 19 heavy (non-hydrogen) atoms. The summed E-state index contributed by atoms with van der Waals surface area (Å²) >= 11 is 0. The second kappa shape index (κ2) is 6.37. The Hall–Kier alpha value is -1.83. The minimum atomic E-state index is 0.711. The molecule has 0 spiro atoms. The monoisotopic (exact) mass is 254 g/mol. The Balaban J connectivity index is 1.93. The van der Waals surface area contributed by atoms with E-state index in [0.717, 1.165) is 18.7 Å². The molecule has 0 aliphatic carbocycles. The van der Waals surface area contributed by atoms with Crippen LogP contribution in [0, 0.1) is 12.8 Å². The van der Waals surface area contributed by atoms with Gasteiger partial charge >= 0.3 is 0 Å². The third-order valence-electron chi connectivity index (χ3n) is 3.04. The lowest BCUT2D eigenvalue weighted by molar-refractivity contribution is 0.647. The van der Waals surface area contributed by atoms with Crippen LogP contribution in [-0.2, 0) is 13.0 Å². The van der Waals surface area contributed by atoms with Crippen LogP contribution in [0.15, 0.2) is 42.7 Å². The second-order valence-corrected chi connectivity index (χ2v) is 5.52. The van der Waals surface area contributed by atoms with E-state index in [1.54, 1.807) is 0 Å². The quantitative estimate of drug-likeness (QED) is 0.865. The maximum atomic E-state index is 4.18. The van der Waals surface area contributed by atoms with Crippen molar-refractivity contribution in [2.75, 3.05) is 5.32 Å². The molecule has 0 aliphatic heterocycles. The highest BCUT2D eigenvalue weighted by atomic mass is 14.9. The molecule has 0 saturated heterocycles. The van der Waals surface area contributed by atoms with Crippen LogP contribution in [0.25, 0.3) is 0 Å². The number of hydrogen-bond donors (Lipinski definition) is 1. The summed E-state index contributed by atoms with van der Waals surface area (Å²) in [6.07, 6.45) is 4.88. The molecule has 2 aromatic rings. The van der Waals surface area contributed by atoms with Gasteiger partial charge in [0.05, 0.1) is 5.69 Å². The number of rotatable bonds is 5. The number of benzene rings is 1. The Morgan fingerprint density at radius 2 is 1.74 bits per heavy atom. The van der Waals surface area contributed by atoms with E-state index in [4.69, 9.17) is 0 Å². The number of anilines is 1. The van der Waals surface area contributed by atoms with Gasteiger partial charge in [-0.25, -0.2) is 0 Å². The van der Waals surface area contributed by atoms with Crippen LogP contribution in [0.1, 0.15) is 30.5 Å². The Labute approximate surface area is 115 Å². The average Bonchev–Trinajstić information content (AvgIpc) is 2.37. The van der Waals surface area contributed by atoms with Crippen LogP contribution in [0.4, 0.5) is 5.69 Å². The maximum Gasteiger partial charge on any atom is 0.0532 e. The normalized spacial score (nSPS) is 10.7. The number of nitrogens with zero attached hydrogens (tertiary/aromatic N) is 1. The molecule has 0 saturated carbocycles. The summed E-state index contributed by atoms with van der Waals surface area (Å²) in [6.45, 7) is 7.40. The van der Waals surface area contributed by atoms with Gasteiger partial charge in [0, 0.05) is 18.9 Å². The zero-order valence-electron chi connectivity index (χ0n) is 12.0. The van der Waals surface area contributed by atoms with E-state index in [-0.39, 0.29) is 0 Å². The summed E-state index contributed by atoms with van der Waals surface area (Å²) in [6, 6.07) is 11.0. The largest absolute Gasteiger partial charge is 0.380 e. The van der Waals surface area contributed by atoms with Crippen molar-refractivity contribution in [1.29, 1.82) is 0 Å². The summed E-state index contributed by atoms with van der Waals surface area (Å²) in [4.78, 5) is 4.18. The summed E-state index contributed by atoms with van der Waals surface area (Å²) in [5.74, 6) is 0.711. The SMILES string of the molecule is Cc1cncc(NCc2ccc(CC(C)C)cc2)c1. The van der Waals surface area contributed by atoms with Gasteiger partial charge in [0.1, 0.15) is 0 Å². The highest BCUT2D eigenvalue weighted by molar-refractivity contribution is 5.43. The van der Waals surface area contributed by atoms with Crippen molar-refractivity contribution in [3.05, 3.63) is 59.4 Å². The van der Waals surface area contributed by atoms with E-state index >= 15 is 0 Å². The number of nitrogens with one attached hydrogen (secondary N) is 1. The fourth-order valence-electron chi connectivity index (χ4n) is 2.12. The van der Waals surface area contributed by atoms with Crippen LogP contribution < -0.4 is 5.32 Å². The first kappa shape index (κ1) is 13.6. The molecule has 1 heterocycles. The molecule has 0 amide bonds. The van der Waals surface area contributed by atoms with E-state index in [0.29, 0.717) is 5.92 Å². The second-order valence-electron chi connectivity index (χ2n) is 5.52. The van der Waals surface area contributed by atoms with Crippen molar-refractivity contribution < 1.29 is 0 Å². The Morgan fingerprint density at radius 1 is 1.05 bits per heavy atom. The maximum absolute atomic E-state index is 4.18. The van der Waals surface area contributed by atoms with E-state index in [9.17, 15) is 0 Å². The zero-order chi connectivity index (χ0) is 13.7. The van der Waals surface area contributed by atoms with Gasteiger partial charge in [0.2, 0.25) is 0 Å². The Kier molecular flexibility index (Phi) is 4.56. The fourth-order valence-corrected chi connectivity index (χ4v) is 2.12. The summed E-state index contributed by atoms with van der Waals surface area (Å²) in [5, 5.41) is 3.40. The standard InChI is InChI=1S/C17H22N2/c1-13(2)8-15-4-6-16(7-5-15)11-19-17-9-14(3)10-18-12-17/h4-7,9-10,12-13,19H,8,11H2,1-3H3. The topological polar surface area (TPSA) is 24.9 Å². The first-order valence-corrected chi connectivity index (χ1v) is 6.87. The van der Waals surface area contributed by atoms with Crippen LogP contribution in [0.3, 0.4) is 0 Å². The van der Waals surface area contributed by atoms with Crippen molar-refractivity contribution in [3.63, 3.8) is 0 Å². The van der Waals surface area contributed by atoms with Crippen molar-refractivity contribution in [2.24, 2.45) is 5.92 Å². The average molecular weight is 254 g/mol. The van der Waals surface area contributed by atoms with E-state index in [1.807, 2.05) is 12.4 Å². The molecule has 0 bridgehead atoms. The number of hydrogen-bond acceptors (Lipinski definition) is 2. The minimum absolute atomic E-state index is 0.711. The first-order chi connectivity index (χ1) is 9.13. The van der Waals surface area contributed by atoms with Gasteiger partial charge in [-0.05, 0) is 42.0 Å². The lowest BCUT2D eigenvalue weighted by Crippen LogP contribution is -2.00. The van der Waals surface area contributed by atoms with Crippen LogP contribution in [-0.4, -0.2) is 4.98 Å². The summed E-state index contributed by atoms with van der Waals surface area (Å²) in [7, 11) is 0. The van der Waals surface area contributed by atoms with Crippen molar-refractivity contribution in [3.8, 4) is 0 Å². The summed E-state index contributed by atoms with van der Waals surface area (Å²) < 4.78 is 0. The third-order valence-corrected chi connectivity index (χ3v) is 3.04. The Bertz CT molecular complexity index is 515. The molecule has 2 rings (SSSR count). The van der Waals surface area contributed by atoms with Gasteiger partial charge in [-0.1, -0.05) is 38.1 Å². The molecule has 0 radical (unpaired) electrons. The molecule has 1 N–H and O–H groups in total. The minimum Gasteiger partial charge on any atom is -0.380 e. The molecule has 0 fully saturated rings. The molecule has 0 aliphatic rings. The van der Waals surface area contributed by atoms with Crippen molar-refractivity contribution in [1.82, 2.24) is 4.98 Å². The van der Waals surface area contributed by atoms with E-state index < -0.39 is 0 Å². The van der Waals surface area contributed by atoms with Gasteiger partial charge in [-0.3, -0.25) is 4.98 Å². The van der Waals surface area contributed by atoms with Gasteiger partial charge in [-0.15, -0.1) is 0 Å². The van der Waals surface area contributed by atoms with Crippen LogP contribution in [0.5, 0.6) is 0 Å². The predicted molar refractivity (Wildman–Crippen MR) is 81.3 cm³/mol. The highest BCUT2D eigenvalue weighted by Crippen LogP contribution is 2.12. The molecular weight excluding hydrogens is 232 g/mol. The molecule has 1 aromatic carbocycles. The zero-order valence-corrected chi connectivity index (χ0v) is 12.0. The molecular formula is C17H22N2. The van der Waals surface area contributed by atoms with Gasteiger partial charge < -0.3 is 5.32 Å². The first-order valence-electron chi connectivity index (χ1n) is 6.87. The number of aryl methyl sites for hydroxylation is 1. The molecule has 100 valence electrons. The molecule has 2 heteroatoms. The van der Waals surface area contributed by atoms with E-state index in [2.05, 4.69) is 61.4 Å². The van der Waals surface area contributed by atoms with Gasteiger partial charge in [-0.2, -0.15) is 0 Å². The van der Waals surface area contributed by atoms with Crippen LogP contribution in [0.2, 0.25) is 0 Å².